The van der Waals surface area contributed by atoms with Crippen LogP contribution in [-0.2, 0) is 0 Å². The van der Waals surface area contributed by atoms with Crippen molar-refractivity contribution in [2.45, 2.75) is 45.2 Å². The zero-order chi connectivity index (χ0) is 10.7. The Hall–Kier alpha value is -0.890. The molecule has 1 fully saturated rings. The van der Waals surface area contributed by atoms with Gasteiger partial charge in [-0.15, -0.1) is 0 Å². The maximum Gasteiger partial charge on any atom is 0.0351 e. The molecule has 1 aliphatic heterocycles. The molecule has 0 bridgehead atoms. The first-order valence-corrected chi connectivity index (χ1v) is 5.94. The summed E-state index contributed by atoms with van der Waals surface area (Å²) in [5.41, 5.74) is 1.43. The first kappa shape index (κ1) is 10.6. The number of likely N-dealkylation sites (tertiary alicyclic amines) is 1. The molecule has 1 aromatic heterocycles. The van der Waals surface area contributed by atoms with Crippen molar-refractivity contribution in [2.75, 3.05) is 6.54 Å². The highest BCUT2D eigenvalue weighted by molar-refractivity contribution is 5.16. The molecule has 1 atom stereocenters. The van der Waals surface area contributed by atoms with E-state index in [-0.39, 0.29) is 0 Å². The molecule has 0 spiro atoms. The molecule has 2 heterocycles. The molecule has 82 valence electrons. The SMILES string of the molecule is CC(C)N1CCCCC1c1ccncc1. The fraction of sp³-hybridized carbons (Fsp3) is 0.615. The van der Waals surface area contributed by atoms with Crippen LogP contribution in [0.2, 0.25) is 0 Å². The van der Waals surface area contributed by atoms with Gasteiger partial charge in [-0.1, -0.05) is 6.42 Å². The molecule has 0 N–H and O–H groups in total. The molecule has 1 aromatic rings. The second kappa shape index (κ2) is 4.75. The van der Waals surface area contributed by atoms with Gasteiger partial charge in [0.25, 0.3) is 0 Å². The van der Waals surface area contributed by atoms with E-state index >= 15 is 0 Å². The Balaban J connectivity index is 2.18. The summed E-state index contributed by atoms with van der Waals surface area (Å²) in [6.45, 7) is 5.82. The average Bonchev–Trinajstić information content (AvgIpc) is 2.30. The van der Waals surface area contributed by atoms with Crippen molar-refractivity contribution in [3.63, 3.8) is 0 Å². The zero-order valence-corrected chi connectivity index (χ0v) is 9.69. The number of rotatable bonds is 2. The lowest BCUT2D eigenvalue weighted by atomic mass is 9.95. The lowest BCUT2D eigenvalue weighted by molar-refractivity contribution is 0.112. The van der Waals surface area contributed by atoms with Crippen LogP contribution in [0.25, 0.3) is 0 Å². The maximum absolute atomic E-state index is 4.09. The third-order valence-corrected chi connectivity index (χ3v) is 3.30. The number of hydrogen-bond acceptors (Lipinski definition) is 2. The van der Waals surface area contributed by atoms with E-state index in [2.05, 4.69) is 35.9 Å². The molecule has 0 aromatic carbocycles. The summed E-state index contributed by atoms with van der Waals surface area (Å²) < 4.78 is 0. The molecule has 0 radical (unpaired) electrons. The van der Waals surface area contributed by atoms with E-state index in [1.807, 2.05) is 12.4 Å². The van der Waals surface area contributed by atoms with E-state index in [0.29, 0.717) is 12.1 Å². The minimum Gasteiger partial charge on any atom is -0.294 e. The van der Waals surface area contributed by atoms with E-state index in [9.17, 15) is 0 Å². The Labute approximate surface area is 92.3 Å². The van der Waals surface area contributed by atoms with Gasteiger partial charge < -0.3 is 0 Å². The Morgan fingerprint density at radius 2 is 2.00 bits per heavy atom. The molecule has 2 rings (SSSR count). The van der Waals surface area contributed by atoms with Crippen molar-refractivity contribution >= 4 is 0 Å². The first-order valence-electron chi connectivity index (χ1n) is 5.94. The summed E-state index contributed by atoms with van der Waals surface area (Å²) in [5.74, 6) is 0. The zero-order valence-electron chi connectivity index (χ0n) is 9.69. The van der Waals surface area contributed by atoms with Gasteiger partial charge in [0.15, 0.2) is 0 Å². The number of pyridine rings is 1. The van der Waals surface area contributed by atoms with Crippen LogP contribution in [-0.4, -0.2) is 22.5 Å². The fourth-order valence-electron chi connectivity index (χ4n) is 2.52. The lowest BCUT2D eigenvalue weighted by Crippen LogP contribution is -2.38. The van der Waals surface area contributed by atoms with Gasteiger partial charge in [-0.05, 0) is 50.9 Å². The van der Waals surface area contributed by atoms with Crippen molar-refractivity contribution in [2.24, 2.45) is 0 Å². The standard InChI is InChI=1S/C13H20N2/c1-11(2)15-10-4-3-5-13(15)12-6-8-14-9-7-12/h6-9,11,13H,3-5,10H2,1-2H3. The highest BCUT2D eigenvalue weighted by Gasteiger charge is 2.25. The molecular weight excluding hydrogens is 184 g/mol. The third kappa shape index (κ3) is 2.37. The second-order valence-corrected chi connectivity index (χ2v) is 4.62. The number of nitrogens with zero attached hydrogens (tertiary/aromatic N) is 2. The highest BCUT2D eigenvalue weighted by Crippen LogP contribution is 2.31. The van der Waals surface area contributed by atoms with Crippen LogP contribution in [0.3, 0.4) is 0 Å². The van der Waals surface area contributed by atoms with E-state index < -0.39 is 0 Å². The quantitative estimate of drug-likeness (QED) is 0.736. The topological polar surface area (TPSA) is 16.1 Å². The minimum atomic E-state index is 0.613. The van der Waals surface area contributed by atoms with Crippen LogP contribution < -0.4 is 0 Å². The summed E-state index contributed by atoms with van der Waals surface area (Å²) in [6.07, 6.45) is 7.81. The predicted octanol–water partition coefficient (Wildman–Crippen LogP) is 3.02. The van der Waals surface area contributed by atoms with Crippen LogP contribution >= 0.6 is 0 Å². The molecule has 1 saturated heterocycles. The van der Waals surface area contributed by atoms with E-state index in [0.717, 1.165) is 0 Å². The first-order chi connectivity index (χ1) is 7.29. The average molecular weight is 204 g/mol. The van der Waals surface area contributed by atoms with Crippen molar-refractivity contribution in [3.05, 3.63) is 30.1 Å². The predicted molar refractivity (Wildman–Crippen MR) is 62.7 cm³/mol. The van der Waals surface area contributed by atoms with Gasteiger partial charge in [0.05, 0.1) is 0 Å². The normalized spacial score (nSPS) is 23.3. The number of aromatic nitrogens is 1. The van der Waals surface area contributed by atoms with Crippen LogP contribution in [0, 0.1) is 0 Å². The minimum absolute atomic E-state index is 0.613. The van der Waals surface area contributed by atoms with Gasteiger partial charge >= 0.3 is 0 Å². The molecule has 15 heavy (non-hydrogen) atoms. The largest absolute Gasteiger partial charge is 0.294 e. The number of hydrogen-bond donors (Lipinski definition) is 0. The molecule has 1 aliphatic rings. The van der Waals surface area contributed by atoms with Crippen LogP contribution in [0.15, 0.2) is 24.5 Å². The molecule has 2 heteroatoms. The van der Waals surface area contributed by atoms with E-state index in [1.165, 1.54) is 31.4 Å². The lowest BCUT2D eigenvalue weighted by Gasteiger charge is -2.38. The monoisotopic (exact) mass is 204 g/mol. The summed E-state index contributed by atoms with van der Waals surface area (Å²) in [6, 6.07) is 5.57. The summed E-state index contributed by atoms with van der Waals surface area (Å²) in [7, 11) is 0. The van der Waals surface area contributed by atoms with Crippen LogP contribution in [0.4, 0.5) is 0 Å². The molecule has 2 nitrogen and oxygen atoms in total. The van der Waals surface area contributed by atoms with Gasteiger partial charge in [0.2, 0.25) is 0 Å². The number of piperidine rings is 1. The Kier molecular flexibility index (Phi) is 3.37. The van der Waals surface area contributed by atoms with Crippen molar-refractivity contribution in [1.82, 2.24) is 9.88 Å². The Bertz CT molecular complexity index is 295. The second-order valence-electron chi connectivity index (χ2n) is 4.62. The smallest absolute Gasteiger partial charge is 0.0351 e. The Morgan fingerprint density at radius 3 is 2.67 bits per heavy atom. The summed E-state index contributed by atoms with van der Waals surface area (Å²) in [4.78, 5) is 6.70. The van der Waals surface area contributed by atoms with Gasteiger partial charge in [-0.25, -0.2) is 0 Å². The third-order valence-electron chi connectivity index (χ3n) is 3.30. The molecule has 1 unspecified atom stereocenters. The molecule has 0 amide bonds. The van der Waals surface area contributed by atoms with Crippen LogP contribution in [0.5, 0.6) is 0 Å². The molecule has 0 aliphatic carbocycles. The fourth-order valence-corrected chi connectivity index (χ4v) is 2.52. The van der Waals surface area contributed by atoms with Gasteiger partial charge in [0.1, 0.15) is 0 Å². The maximum atomic E-state index is 4.09. The van der Waals surface area contributed by atoms with Gasteiger partial charge in [-0.3, -0.25) is 9.88 Å². The van der Waals surface area contributed by atoms with Gasteiger partial charge in [-0.2, -0.15) is 0 Å². The van der Waals surface area contributed by atoms with E-state index in [4.69, 9.17) is 0 Å². The van der Waals surface area contributed by atoms with Crippen LogP contribution in [0.1, 0.15) is 44.7 Å². The van der Waals surface area contributed by atoms with Gasteiger partial charge in [0, 0.05) is 24.5 Å². The molecule has 0 saturated carbocycles. The van der Waals surface area contributed by atoms with Crippen molar-refractivity contribution < 1.29 is 0 Å². The van der Waals surface area contributed by atoms with Crippen molar-refractivity contribution in [1.29, 1.82) is 0 Å². The summed E-state index contributed by atoms with van der Waals surface area (Å²) >= 11 is 0. The highest BCUT2D eigenvalue weighted by atomic mass is 15.2. The summed E-state index contributed by atoms with van der Waals surface area (Å²) in [5, 5.41) is 0. The Morgan fingerprint density at radius 1 is 1.27 bits per heavy atom. The molecular formula is C13H20N2. The van der Waals surface area contributed by atoms with E-state index in [1.54, 1.807) is 0 Å². The van der Waals surface area contributed by atoms with Crippen molar-refractivity contribution in [3.8, 4) is 0 Å².